The first-order valence-corrected chi connectivity index (χ1v) is 6.63. The Hall–Kier alpha value is -1.51. The van der Waals surface area contributed by atoms with Crippen molar-refractivity contribution in [3.8, 4) is 5.75 Å². The molecule has 0 saturated heterocycles. The van der Waals surface area contributed by atoms with Crippen molar-refractivity contribution in [2.45, 2.75) is 39.0 Å². The first kappa shape index (κ1) is 12.9. The van der Waals surface area contributed by atoms with Crippen LogP contribution in [-0.2, 0) is 0 Å². The Morgan fingerprint density at radius 1 is 1.33 bits per heavy atom. The number of aryl methyl sites for hydroxylation is 1. The van der Waals surface area contributed by atoms with Crippen LogP contribution < -0.4 is 4.74 Å². The zero-order chi connectivity index (χ0) is 13.0. The largest absolute Gasteiger partial charge is 0.493 e. The van der Waals surface area contributed by atoms with E-state index in [9.17, 15) is 4.79 Å². The van der Waals surface area contributed by atoms with E-state index < -0.39 is 5.97 Å². The number of rotatable bonds is 4. The number of carbonyl (C=O) groups is 1. The van der Waals surface area contributed by atoms with Crippen LogP contribution in [0.1, 0.15) is 48.0 Å². The van der Waals surface area contributed by atoms with Crippen LogP contribution in [0.15, 0.2) is 18.2 Å². The molecule has 1 aromatic rings. The van der Waals surface area contributed by atoms with E-state index in [1.54, 1.807) is 19.1 Å². The lowest BCUT2D eigenvalue weighted by Gasteiger charge is -2.21. The zero-order valence-electron chi connectivity index (χ0n) is 10.8. The van der Waals surface area contributed by atoms with Gasteiger partial charge in [-0.3, -0.25) is 0 Å². The molecule has 3 nitrogen and oxygen atoms in total. The number of aromatic carboxylic acids is 1. The van der Waals surface area contributed by atoms with E-state index in [2.05, 4.69) is 0 Å². The van der Waals surface area contributed by atoms with Gasteiger partial charge in [-0.05, 0) is 43.4 Å². The maximum absolute atomic E-state index is 11.0. The Kier molecular flexibility index (Phi) is 4.24. The summed E-state index contributed by atoms with van der Waals surface area (Å²) in [7, 11) is 0. The van der Waals surface area contributed by atoms with Crippen LogP contribution in [-0.4, -0.2) is 17.7 Å². The van der Waals surface area contributed by atoms with E-state index >= 15 is 0 Å². The van der Waals surface area contributed by atoms with Gasteiger partial charge in [0.05, 0.1) is 12.2 Å². The van der Waals surface area contributed by atoms with Crippen LogP contribution in [0.5, 0.6) is 5.75 Å². The van der Waals surface area contributed by atoms with E-state index in [0.717, 1.165) is 5.56 Å². The fourth-order valence-corrected chi connectivity index (χ4v) is 2.49. The van der Waals surface area contributed by atoms with Gasteiger partial charge in [0.25, 0.3) is 0 Å². The van der Waals surface area contributed by atoms with E-state index in [1.807, 2.05) is 6.07 Å². The third-order valence-electron chi connectivity index (χ3n) is 3.65. The van der Waals surface area contributed by atoms with Crippen molar-refractivity contribution < 1.29 is 14.6 Å². The fourth-order valence-electron chi connectivity index (χ4n) is 2.49. The normalized spacial score (nSPS) is 16.5. The highest BCUT2D eigenvalue weighted by Crippen LogP contribution is 2.25. The SMILES string of the molecule is Cc1ccc(OCC2CCCCC2)cc1C(=O)O. The fraction of sp³-hybridized carbons (Fsp3) is 0.533. The second kappa shape index (κ2) is 5.89. The minimum Gasteiger partial charge on any atom is -0.493 e. The minimum absolute atomic E-state index is 0.330. The number of hydrogen-bond acceptors (Lipinski definition) is 2. The molecule has 1 aromatic carbocycles. The summed E-state index contributed by atoms with van der Waals surface area (Å²) >= 11 is 0. The third-order valence-corrected chi connectivity index (χ3v) is 3.65. The van der Waals surface area contributed by atoms with E-state index in [1.165, 1.54) is 32.1 Å². The quantitative estimate of drug-likeness (QED) is 0.884. The molecule has 0 radical (unpaired) electrons. The Morgan fingerprint density at radius 3 is 2.72 bits per heavy atom. The summed E-state index contributed by atoms with van der Waals surface area (Å²) in [4.78, 5) is 11.0. The van der Waals surface area contributed by atoms with Crippen LogP contribution in [0.3, 0.4) is 0 Å². The molecule has 0 bridgehead atoms. The molecule has 0 aliphatic heterocycles. The highest BCUT2D eigenvalue weighted by atomic mass is 16.5. The molecule has 0 amide bonds. The average Bonchev–Trinajstić information content (AvgIpc) is 2.38. The Morgan fingerprint density at radius 2 is 2.06 bits per heavy atom. The number of hydrogen-bond donors (Lipinski definition) is 1. The molecule has 98 valence electrons. The average molecular weight is 248 g/mol. The smallest absolute Gasteiger partial charge is 0.336 e. The highest BCUT2D eigenvalue weighted by molar-refractivity contribution is 5.89. The molecule has 0 unspecified atom stereocenters. The van der Waals surface area contributed by atoms with Crippen LogP contribution in [0.2, 0.25) is 0 Å². The van der Waals surface area contributed by atoms with E-state index in [4.69, 9.17) is 9.84 Å². The molecular formula is C15H20O3. The van der Waals surface area contributed by atoms with Gasteiger partial charge < -0.3 is 9.84 Å². The molecule has 1 saturated carbocycles. The van der Waals surface area contributed by atoms with Crippen molar-refractivity contribution in [3.63, 3.8) is 0 Å². The maximum atomic E-state index is 11.0. The molecule has 0 heterocycles. The highest BCUT2D eigenvalue weighted by Gasteiger charge is 2.14. The first-order valence-electron chi connectivity index (χ1n) is 6.63. The molecule has 0 spiro atoms. The Balaban J connectivity index is 1.96. The van der Waals surface area contributed by atoms with Gasteiger partial charge in [-0.15, -0.1) is 0 Å². The van der Waals surface area contributed by atoms with Crippen molar-refractivity contribution in [1.29, 1.82) is 0 Å². The number of carboxylic acids is 1. The summed E-state index contributed by atoms with van der Waals surface area (Å²) in [5.74, 6) is 0.410. The van der Waals surface area contributed by atoms with Crippen molar-refractivity contribution >= 4 is 5.97 Å². The topological polar surface area (TPSA) is 46.5 Å². The molecule has 1 aliphatic carbocycles. The van der Waals surface area contributed by atoms with Crippen molar-refractivity contribution in [3.05, 3.63) is 29.3 Å². The second-order valence-electron chi connectivity index (χ2n) is 5.10. The van der Waals surface area contributed by atoms with Crippen molar-refractivity contribution in [1.82, 2.24) is 0 Å². The van der Waals surface area contributed by atoms with Gasteiger partial charge in [-0.25, -0.2) is 4.79 Å². The number of benzene rings is 1. The van der Waals surface area contributed by atoms with Gasteiger partial charge in [0.15, 0.2) is 0 Å². The first-order chi connectivity index (χ1) is 8.66. The van der Waals surface area contributed by atoms with Crippen LogP contribution in [0.25, 0.3) is 0 Å². The molecule has 1 N–H and O–H groups in total. The lowest BCUT2D eigenvalue weighted by atomic mass is 9.90. The molecule has 18 heavy (non-hydrogen) atoms. The molecule has 0 atom stereocenters. The van der Waals surface area contributed by atoms with E-state index in [-0.39, 0.29) is 0 Å². The molecule has 1 aliphatic rings. The van der Waals surface area contributed by atoms with Crippen LogP contribution >= 0.6 is 0 Å². The van der Waals surface area contributed by atoms with Gasteiger partial charge in [0, 0.05) is 0 Å². The van der Waals surface area contributed by atoms with Crippen molar-refractivity contribution in [2.75, 3.05) is 6.61 Å². The summed E-state index contributed by atoms with van der Waals surface area (Å²) < 4.78 is 5.73. The minimum atomic E-state index is -0.893. The van der Waals surface area contributed by atoms with Gasteiger partial charge in [-0.1, -0.05) is 25.3 Å². The molecule has 1 fully saturated rings. The second-order valence-corrected chi connectivity index (χ2v) is 5.10. The molecular weight excluding hydrogens is 228 g/mol. The van der Waals surface area contributed by atoms with Gasteiger partial charge in [-0.2, -0.15) is 0 Å². The third kappa shape index (κ3) is 3.25. The van der Waals surface area contributed by atoms with Gasteiger partial charge >= 0.3 is 5.97 Å². The lowest BCUT2D eigenvalue weighted by Crippen LogP contribution is -2.15. The number of ether oxygens (including phenoxy) is 1. The zero-order valence-corrected chi connectivity index (χ0v) is 10.8. The molecule has 2 rings (SSSR count). The summed E-state index contributed by atoms with van der Waals surface area (Å²) in [6, 6.07) is 5.28. The van der Waals surface area contributed by atoms with Gasteiger partial charge in [0.2, 0.25) is 0 Å². The lowest BCUT2D eigenvalue weighted by molar-refractivity contribution is 0.0695. The summed E-state index contributed by atoms with van der Waals surface area (Å²) in [5.41, 5.74) is 1.10. The molecule has 0 aromatic heterocycles. The van der Waals surface area contributed by atoms with E-state index in [0.29, 0.717) is 23.8 Å². The summed E-state index contributed by atoms with van der Waals surface area (Å²) in [6.45, 7) is 2.51. The monoisotopic (exact) mass is 248 g/mol. The number of carboxylic acid groups (broad SMARTS) is 1. The predicted octanol–water partition coefficient (Wildman–Crippen LogP) is 3.65. The van der Waals surface area contributed by atoms with Crippen molar-refractivity contribution in [2.24, 2.45) is 5.92 Å². The summed E-state index contributed by atoms with van der Waals surface area (Å²) in [6.07, 6.45) is 6.39. The summed E-state index contributed by atoms with van der Waals surface area (Å²) in [5, 5.41) is 9.05. The van der Waals surface area contributed by atoms with Crippen LogP contribution in [0.4, 0.5) is 0 Å². The predicted molar refractivity (Wildman–Crippen MR) is 70.2 cm³/mol. The van der Waals surface area contributed by atoms with Gasteiger partial charge in [0.1, 0.15) is 5.75 Å². The maximum Gasteiger partial charge on any atom is 0.336 e. The standard InChI is InChI=1S/C15H20O3/c1-11-7-8-13(9-14(11)15(16)17)18-10-12-5-3-2-4-6-12/h7-9,12H,2-6,10H2,1H3,(H,16,17). The Bertz CT molecular complexity index is 420. The molecule has 3 heteroatoms. The van der Waals surface area contributed by atoms with Crippen LogP contribution in [0, 0.1) is 12.8 Å². The Labute approximate surface area is 108 Å².